The Bertz CT molecular complexity index is 616. The molecule has 1 saturated heterocycles. The Kier molecular flexibility index (Phi) is 11.1. The molecule has 160 valence electrons. The van der Waals surface area contributed by atoms with Crippen LogP contribution in [0.5, 0.6) is 5.75 Å². The first-order valence-electron chi connectivity index (χ1n) is 9.94. The van der Waals surface area contributed by atoms with Gasteiger partial charge in [0.1, 0.15) is 5.75 Å². The van der Waals surface area contributed by atoms with Crippen molar-refractivity contribution < 1.29 is 9.47 Å². The number of ether oxygens (including phenoxy) is 2. The minimum atomic E-state index is 0. The standard InChI is InChI=1S/C21H36N4O2.HI/c1-6-22-20(24-16-21(3,4)25-11-13-27-14-12-25)23-10-9-18-8-7-17(2)19(15-18)26-5;/h7-8,15H,6,9-14,16H2,1-5H3,(H2,22,23,24);1H. The van der Waals surface area contributed by atoms with Crippen molar-refractivity contribution in [2.24, 2.45) is 4.99 Å². The molecule has 0 aliphatic carbocycles. The summed E-state index contributed by atoms with van der Waals surface area (Å²) < 4.78 is 10.9. The SMILES string of the molecule is CCNC(=NCC(C)(C)N1CCOCC1)NCCc1ccc(C)c(OC)c1.I. The summed E-state index contributed by atoms with van der Waals surface area (Å²) in [6, 6.07) is 6.38. The van der Waals surface area contributed by atoms with Crippen LogP contribution in [0.15, 0.2) is 23.2 Å². The van der Waals surface area contributed by atoms with E-state index in [1.165, 1.54) is 5.56 Å². The molecule has 0 atom stereocenters. The van der Waals surface area contributed by atoms with E-state index in [4.69, 9.17) is 14.5 Å². The molecule has 0 aromatic heterocycles. The molecule has 28 heavy (non-hydrogen) atoms. The summed E-state index contributed by atoms with van der Waals surface area (Å²) in [6.07, 6.45) is 0.925. The topological polar surface area (TPSA) is 58.1 Å². The van der Waals surface area contributed by atoms with Gasteiger partial charge in [-0.2, -0.15) is 0 Å². The zero-order valence-corrected chi connectivity index (χ0v) is 20.3. The number of hydrogen-bond donors (Lipinski definition) is 2. The number of aryl methyl sites for hydroxylation is 1. The molecule has 0 bridgehead atoms. The molecule has 0 radical (unpaired) electrons. The van der Waals surface area contributed by atoms with Gasteiger partial charge in [0, 0.05) is 31.7 Å². The molecule has 0 saturated carbocycles. The number of morpholine rings is 1. The largest absolute Gasteiger partial charge is 0.496 e. The Hall–Kier alpha value is -1.06. The molecule has 0 spiro atoms. The van der Waals surface area contributed by atoms with Crippen LogP contribution in [0, 0.1) is 6.92 Å². The molecule has 1 aromatic rings. The lowest BCUT2D eigenvalue weighted by Crippen LogP contribution is -2.52. The van der Waals surface area contributed by atoms with E-state index in [9.17, 15) is 0 Å². The number of nitrogens with one attached hydrogen (secondary N) is 2. The number of halogens is 1. The van der Waals surface area contributed by atoms with Crippen molar-refractivity contribution >= 4 is 29.9 Å². The zero-order chi connectivity index (χ0) is 19.7. The first kappa shape index (κ1) is 25.0. The van der Waals surface area contributed by atoms with Crippen molar-refractivity contribution in [3.05, 3.63) is 29.3 Å². The maximum Gasteiger partial charge on any atom is 0.191 e. The summed E-state index contributed by atoms with van der Waals surface area (Å²) in [6.45, 7) is 14.7. The van der Waals surface area contributed by atoms with Gasteiger partial charge in [0.25, 0.3) is 0 Å². The van der Waals surface area contributed by atoms with E-state index in [-0.39, 0.29) is 29.5 Å². The third-order valence-corrected chi connectivity index (χ3v) is 5.01. The van der Waals surface area contributed by atoms with Crippen LogP contribution in [0.3, 0.4) is 0 Å². The molecule has 7 heteroatoms. The Morgan fingerprint density at radius 3 is 2.61 bits per heavy atom. The lowest BCUT2D eigenvalue weighted by molar-refractivity contribution is -0.00683. The van der Waals surface area contributed by atoms with Crippen molar-refractivity contribution in [3.8, 4) is 5.75 Å². The number of aliphatic imine (C=N–C) groups is 1. The average Bonchev–Trinajstić information content (AvgIpc) is 2.68. The molecule has 6 nitrogen and oxygen atoms in total. The first-order chi connectivity index (χ1) is 13.0. The molecular formula is C21H37IN4O2. The molecule has 2 N–H and O–H groups in total. The summed E-state index contributed by atoms with van der Waals surface area (Å²) >= 11 is 0. The van der Waals surface area contributed by atoms with Gasteiger partial charge in [-0.25, -0.2) is 0 Å². The van der Waals surface area contributed by atoms with Crippen molar-refractivity contribution in [3.63, 3.8) is 0 Å². The van der Waals surface area contributed by atoms with Crippen molar-refractivity contribution in [1.82, 2.24) is 15.5 Å². The molecular weight excluding hydrogens is 467 g/mol. The molecule has 0 amide bonds. The number of guanidine groups is 1. The van der Waals surface area contributed by atoms with E-state index >= 15 is 0 Å². The van der Waals surface area contributed by atoms with E-state index in [2.05, 4.69) is 61.4 Å². The highest BCUT2D eigenvalue weighted by Crippen LogP contribution is 2.19. The van der Waals surface area contributed by atoms with Crippen LogP contribution in [0.2, 0.25) is 0 Å². The summed E-state index contributed by atoms with van der Waals surface area (Å²) in [5.74, 6) is 1.82. The van der Waals surface area contributed by atoms with Crippen molar-refractivity contribution in [2.75, 3.05) is 53.0 Å². The lowest BCUT2D eigenvalue weighted by atomic mass is 10.0. The van der Waals surface area contributed by atoms with Crippen LogP contribution in [0.4, 0.5) is 0 Å². The van der Waals surface area contributed by atoms with Crippen LogP contribution < -0.4 is 15.4 Å². The van der Waals surface area contributed by atoms with Gasteiger partial charge in [-0.15, -0.1) is 24.0 Å². The van der Waals surface area contributed by atoms with Gasteiger partial charge in [-0.1, -0.05) is 12.1 Å². The van der Waals surface area contributed by atoms with E-state index in [0.717, 1.165) is 69.6 Å². The monoisotopic (exact) mass is 504 g/mol. The highest BCUT2D eigenvalue weighted by Gasteiger charge is 2.28. The van der Waals surface area contributed by atoms with Crippen molar-refractivity contribution in [2.45, 2.75) is 39.7 Å². The fraction of sp³-hybridized carbons (Fsp3) is 0.667. The molecule has 1 aromatic carbocycles. The minimum Gasteiger partial charge on any atom is -0.496 e. The zero-order valence-electron chi connectivity index (χ0n) is 18.0. The van der Waals surface area contributed by atoms with Gasteiger partial charge in [0.05, 0.1) is 26.9 Å². The number of benzene rings is 1. The van der Waals surface area contributed by atoms with E-state index in [0.29, 0.717) is 0 Å². The quantitative estimate of drug-likeness (QED) is 0.324. The van der Waals surface area contributed by atoms with Crippen LogP contribution in [-0.2, 0) is 11.2 Å². The van der Waals surface area contributed by atoms with Crippen molar-refractivity contribution in [1.29, 1.82) is 0 Å². The predicted molar refractivity (Wildman–Crippen MR) is 127 cm³/mol. The van der Waals surface area contributed by atoms with Crippen LogP contribution >= 0.6 is 24.0 Å². The maximum absolute atomic E-state index is 5.47. The minimum absolute atomic E-state index is 0. The number of nitrogens with zero attached hydrogens (tertiary/aromatic N) is 2. The number of hydrogen-bond acceptors (Lipinski definition) is 4. The molecule has 1 aliphatic heterocycles. The number of methoxy groups -OCH3 is 1. The summed E-state index contributed by atoms with van der Waals surface area (Å²) in [5.41, 5.74) is 2.44. The summed E-state index contributed by atoms with van der Waals surface area (Å²) in [4.78, 5) is 7.29. The highest BCUT2D eigenvalue weighted by molar-refractivity contribution is 14.0. The normalized spacial score (nSPS) is 15.7. The highest BCUT2D eigenvalue weighted by atomic mass is 127. The third kappa shape index (κ3) is 7.75. The van der Waals surface area contributed by atoms with E-state index < -0.39 is 0 Å². The fourth-order valence-corrected chi connectivity index (χ4v) is 3.23. The fourth-order valence-electron chi connectivity index (χ4n) is 3.23. The van der Waals surface area contributed by atoms with Crippen LogP contribution in [0.25, 0.3) is 0 Å². The Balaban J connectivity index is 0.00000392. The van der Waals surface area contributed by atoms with E-state index in [1.807, 2.05) is 0 Å². The molecule has 2 rings (SSSR count). The van der Waals surface area contributed by atoms with Crippen LogP contribution in [0.1, 0.15) is 31.9 Å². The Morgan fingerprint density at radius 2 is 1.96 bits per heavy atom. The lowest BCUT2D eigenvalue weighted by Gasteiger charge is -2.39. The second-order valence-corrected chi connectivity index (χ2v) is 7.59. The van der Waals surface area contributed by atoms with Crippen LogP contribution in [-0.4, -0.2) is 69.4 Å². The van der Waals surface area contributed by atoms with Gasteiger partial charge < -0.3 is 20.1 Å². The van der Waals surface area contributed by atoms with E-state index in [1.54, 1.807) is 7.11 Å². The van der Waals surface area contributed by atoms with Gasteiger partial charge >= 0.3 is 0 Å². The van der Waals surface area contributed by atoms with Gasteiger partial charge in [0.15, 0.2) is 5.96 Å². The second-order valence-electron chi connectivity index (χ2n) is 7.59. The molecule has 1 fully saturated rings. The Labute approximate surface area is 187 Å². The molecule has 1 aliphatic rings. The molecule has 1 heterocycles. The van der Waals surface area contributed by atoms with Gasteiger partial charge in [-0.3, -0.25) is 9.89 Å². The third-order valence-electron chi connectivity index (χ3n) is 5.01. The van der Waals surface area contributed by atoms with Gasteiger partial charge in [0.2, 0.25) is 0 Å². The van der Waals surface area contributed by atoms with Gasteiger partial charge in [-0.05, 0) is 51.3 Å². The maximum atomic E-state index is 5.47. The first-order valence-corrected chi connectivity index (χ1v) is 9.94. The number of rotatable bonds is 8. The second kappa shape index (κ2) is 12.5. The predicted octanol–water partition coefficient (Wildman–Crippen LogP) is 2.83. The summed E-state index contributed by atoms with van der Waals surface area (Å²) in [7, 11) is 1.72. The smallest absolute Gasteiger partial charge is 0.191 e. The molecule has 0 unspecified atom stereocenters. The Morgan fingerprint density at radius 1 is 1.25 bits per heavy atom. The summed E-state index contributed by atoms with van der Waals surface area (Å²) in [5, 5.41) is 6.80. The average molecular weight is 504 g/mol.